The molecule has 0 aliphatic heterocycles. The maximum atomic E-state index is 8.77. The van der Waals surface area contributed by atoms with Crippen LogP contribution in [0.4, 0.5) is 0 Å². The molecule has 3 aromatic carbocycles. The summed E-state index contributed by atoms with van der Waals surface area (Å²) in [6, 6.07) is 31.3. The third kappa shape index (κ3) is 7.18. The van der Waals surface area contributed by atoms with Gasteiger partial charge in [-0.2, -0.15) is 0 Å². The molecule has 0 saturated carbocycles. The van der Waals surface area contributed by atoms with Gasteiger partial charge >= 0.3 is 0 Å². The van der Waals surface area contributed by atoms with Crippen molar-refractivity contribution < 1.29 is 38.2 Å². The summed E-state index contributed by atoms with van der Waals surface area (Å²) in [6.45, 7) is 3.91. The Morgan fingerprint density at radius 1 is 0.792 bits per heavy atom. The van der Waals surface area contributed by atoms with E-state index < -0.39 is 31.9 Å². The molecule has 0 atom stereocenters. The summed E-state index contributed by atoms with van der Waals surface area (Å²) >= 11 is 0. The minimum atomic E-state index is -2.54. The van der Waals surface area contributed by atoms with Crippen LogP contribution in [0, 0.1) is 25.8 Å². The van der Waals surface area contributed by atoms with E-state index in [1.165, 1.54) is 25.4 Å². The molecule has 0 unspecified atom stereocenters. The first-order valence-electron chi connectivity index (χ1n) is 20.3. The van der Waals surface area contributed by atoms with Crippen LogP contribution in [-0.4, -0.2) is 15.0 Å². The number of fused-ring (bicyclic) bond motifs is 3. The molecule has 0 aliphatic carbocycles. The first-order valence-corrected chi connectivity index (χ1v) is 15.3. The fourth-order valence-electron chi connectivity index (χ4n) is 5.51. The van der Waals surface area contributed by atoms with Gasteiger partial charge in [-0.25, -0.2) is 4.98 Å². The fourth-order valence-corrected chi connectivity index (χ4v) is 5.51. The van der Waals surface area contributed by atoms with Gasteiger partial charge in [-0.05, 0) is 77.6 Å². The SMILES string of the molecule is [2H]C([2H])([2H])c1cc(-c2[c-]ccc3c2oc2nc(-c4c(C([2H])(C)C)cccc4C([2H])(C)C)ccc23)ncc1C([2H])([2H])C.[2H]C([2H])([2H])c1ccc(-c2[c-]cccc2)nc1.[Ir]. The number of rotatable bonds is 6. The molecule has 0 N–H and O–H groups in total. The van der Waals surface area contributed by atoms with Crippen LogP contribution in [0.15, 0.2) is 102 Å². The normalized spacial score (nSPS) is 15.4. The Hall–Kier alpha value is -4.44. The van der Waals surface area contributed by atoms with Gasteiger partial charge in [-0.1, -0.05) is 87.5 Å². The average molecular weight is 818 g/mol. The minimum Gasteiger partial charge on any atom is -0.486 e. The van der Waals surface area contributed by atoms with Crippen LogP contribution in [0.25, 0.3) is 55.8 Å². The maximum absolute atomic E-state index is 8.77. The van der Waals surface area contributed by atoms with E-state index in [9.17, 15) is 0 Å². The second-order valence-electron chi connectivity index (χ2n) is 11.5. The average Bonchev–Trinajstić information content (AvgIpc) is 3.51. The van der Waals surface area contributed by atoms with E-state index in [2.05, 4.69) is 22.1 Å². The van der Waals surface area contributed by atoms with Gasteiger partial charge in [0.2, 0.25) is 5.71 Å². The molecular weight excluding hydrogens is 767 g/mol. The topological polar surface area (TPSA) is 51.8 Å². The summed E-state index contributed by atoms with van der Waals surface area (Å²) in [5.41, 5.74) is 6.09. The van der Waals surface area contributed by atoms with Crippen molar-refractivity contribution in [2.24, 2.45) is 0 Å². The van der Waals surface area contributed by atoms with E-state index in [4.69, 9.17) is 23.1 Å². The molecule has 4 heterocycles. The zero-order valence-electron chi connectivity index (χ0n) is 37.3. The number of nitrogens with zero attached hydrogens (tertiary/aromatic N) is 3. The van der Waals surface area contributed by atoms with Gasteiger partial charge in [0.15, 0.2) is 0 Å². The number of hydrogen-bond acceptors (Lipinski definition) is 4. The van der Waals surface area contributed by atoms with Gasteiger partial charge in [-0.3, -0.25) is 0 Å². The molecule has 7 rings (SSSR count). The molecule has 0 saturated heterocycles. The van der Waals surface area contributed by atoms with Gasteiger partial charge in [0.1, 0.15) is 0 Å². The molecule has 245 valence electrons. The Morgan fingerprint density at radius 2 is 1.56 bits per heavy atom. The molecule has 0 amide bonds. The van der Waals surface area contributed by atoms with E-state index in [-0.39, 0.29) is 36.8 Å². The fraction of sp³-hybridized carbons (Fsp3) is 0.233. The van der Waals surface area contributed by atoms with Crippen LogP contribution in [-0.2, 0) is 26.5 Å². The summed E-state index contributed by atoms with van der Waals surface area (Å²) in [5.74, 6) is -1.87. The van der Waals surface area contributed by atoms with Crippen molar-refractivity contribution in [1.29, 1.82) is 0 Å². The molecule has 5 heteroatoms. The molecule has 4 nitrogen and oxygen atoms in total. The van der Waals surface area contributed by atoms with Gasteiger partial charge < -0.3 is 14.4 Å². The van der Waals surface area contributed by atoms with Crippen LogP contribution in [0.2, 0.25) is 0 Å². The quantitative estimate of drug-likeness (QED) is 0.157. The minimum absolute atomic E-state index is 0. The van der Waals surface area contributed by atoms with E-state index >= 15 is 0 Å². The van der Waals surface area contributed by atoms with Crippen LogP contribution in [0.3, 0.4) is 0 Å². The number of aromatic nitrogens is 3. The second kappa shape index (κ2) is 15.2. The number of furan rings is 1. The summed E-state index contributed by atoms with van der Waals surface area (Å²) in [5, 5.41) is 1.49. The first kappa shape index (κ1) is 23.8. The van der Waals surface area contributed by atoms with Crippen LogP contribution in [0.5, 0.6) is 0 Å². The Morgan fingerprint density at radius 3 is 2.21 bits per heavy atom. The van der Waals surface area contributed by atoms with Crippen LogP contribution >= 0.6 is 0 Å². The summed E-state index contributed by atoms with van der Waals surface area (Å²) in [4.78, 5) is 13.4. The van der Waals surface area contributed by atoms with Gasteiger partial charge in [-0.15, -0.1) is 54.1 Å². The number of hydrogen-bond donors (Lipinski definition) is 0. The Labute approximate surface area is 312 Å². The summed E-state index contributed by atoms with van der Waals surface area (Å²) in [7, 11) is 0. The molecule has 0 spiro atoms. The maximum Gasteiger partial charge on any atom is 0.216 e. The van der Waals surface area contributed by atoms with E-state index in [0.717, 1.165) is 38.7 Å². The molecule has 7 aromatic rings. The van der Waals surface area contributed by atoms with Crippen molar-refractivity contribution >= 4 is 22.1 Å². The number of benzene rings is 3. The molecule has 1 radical (unpaired) electrons. The number of pyridine rings is 3. The van der Waals surface area contributed by atoms with E-state index in [0.29, 0.717) is 28.2 Å². The second-order valence-corrected chi connectivity index (χ2v) is 11.5. The zero-order valence-corrected chi connectivity index (χ0v) is 29.7. The Bertz CT molecular complexity index is 2520. The van der Waals surface area contributed by atoms with Gasteiger partial charge in [0.25, 0.3) is 0 Å². The molecular formula is C43H41IrN3O-2. The summed E-state index contributed by atoms with van der Waals surface area (Å²) < 4.78 is 85.7. The monoisotopic (exact) mass is 818 g/mol. The van der Waals surface area contributed by atoms with Gasteiger partial charge in [0.05, 0.1) is 11.3 Å². The van der Waals surface area contributed by atoms with Crippen molar-refractivity contribution in [3.63, 3.8) is 0 Å². The first-order chi connectivity index (χ1) is 26.4. The van der Waals surface area contributed by atoms with Crippen molar-refractivity contribution in [2.45, 2.75) is 66.5 Å². The van der Waals surface area contributed by atoms with Crippen molar-refractivity contribution in [3.8, 4) is 33.8 Å². The van der Waals surface area contributed by atoms with E-state index in [1.807, 2.05) is 82.3 Å². The molecule has 0 fully saturated rings. The zero-order chi connectivity index (χ0) is 41.7. The predicted molar refractivity (Wildman–Crippen MR) is 195 cm³/mol. The van der Waals surface area contributed by atoms with E-state index in [1.54, 1.807) is 24.3 Å². The third-order valence-electron chi connectivity index (χ3n) is 7.87. The summed E-state index contributed by atoms with van der Waals surface area (Å²) in [6.07, 6.45) is 0.774. The number of aryl methyl sites for hydroxylation is 3. The van der Waals surface area contributed by atoms with Crippen molar-refractivity contribution in [1.82, 2.24) is 15.0 Å². The van der Waals surface area contributed by atoms with Crippen molar-refractivity contribution in [2.75, 3.05) is 0 Å². The molecule has 0 aliphatic rings. The standard InChI is InChI=1S/C31H31N2O.C12H10N.Ir/c1-7-21-17-32-28(16-20(21)6)26-13-9-12-24-25-14-15-27(33-31(25)34-30(24)26)29-22(18(2)3)10-8-11-23(29)19(4)5;1-10-7-8-12(13-9-10)11-5-3-2-4-6-11;/h8-12,14-19H,7H2,1-6H3;2-5,7-9H,1H3;/q2*-1;/i6D3,7D2,18D,19D;1D3;. The largest absolute Gasteiger partial charge is 0.486 e. The van der Waals surface area contributed by atoms with Crippen LogP contribution in [0.1, 0.15) is 87.9 Å². The smallest absolute Gasteiger partial charge is 0.216 e. The Balaban J connectivity index is 0.000000315. The van der Waals surface area contributed by atoms with Gasteiger partial charge in [0, 0.05) is 57.2 Å². The Kier molecular flexibility index (Phi) is 7.54. The van der Waals surface area contributed by atoms with Crippen LogP contribution < -0.4 is 0 Å². The third-order valence-corrected chi connectivity index (χ3v) is 7.87. The van der Waals surface area contributed by atoms with Crippen molar-refractivity contribution in [3.05, 3.63) is 137 Å². The predicted octanol–water partition coefficient (Wildman–Crippen LogP) is 11.5. The molecule has 0 bridgehead atoms. The molecule has 48 heavy (non-hydrogen) atoms. The molecule has 4 aromatic heterocycles.